The van der Waals surface area contributed by atoms with Crippen molar-refractivity contribution in [1.82, 2.24) is 5.32 Å². The lowest BCUT2D eigenvalue weighted by atomic mass is 10.0. The summed E-state index contributed by atoms with van der Waals surface area (Å²) in [7, 11) is 1.87. The van der Waals surface area contributed by atoms with Gasteiger partial charge in [0.25, 0.3) is 0 Å². The topological polar surface area (TPSA) is 24.1 Å². The first-order valence-corrected chi connectivity index (χ1v) is 5.47. The maximum absolute atomic E-state index is 3.90. The molecule has 1 aromatic rings. The molecule has 0 fully saturated rings. The van der Waals surface area contributed by atoms with Crippen LogP contribution in [0.1, 0.15) is 25.0 Å². The molecular formula is C13H20N2. The van der Waals surface area contributed by atoms with Crippen molar-refractivity contribution in [3.8, 4) is 0 Å². The van der Waals surface area contributed by atoms with E-state index >= 15 is 0 Å². The lowest BCUT2D eigenvalue weighted by Crippen LogP contribution is -2.15. The molecule has 2 heteroatoms. The van der Waals surface area contributed by atoms with Crippen molar-refractivity contribution in [3.63, 3.8) is 0 Å². The van der Waals surface area contributed by atoms with Crippen LogP contribution in [0.15, 0.2) is 30.6 Å². The van der Waals surface area contributed by atoms with E-state index in [-0.39, 0.29) is 0 Å². The Kier molecular flexibility index (Phi) is 4.22. The molecule has 0 heterocycles. The fraction of sp³-hybridized carbons (Fsp3) is 0.385. The molecule has 2 nitrogen and oxygen atoms in total. The monoisotopic (exact) mass is 204 g/mol. The third kappa shape index (κ3) is 2.75. The summed E-state index contributed by atoms with van der Waals surface area (Å²) < 4.78 is 0. The highest BCUT2D eigenvalue weighted by Crippen LogP contribution is 2.23. The number of rotatable bonds is 5. The Morgan fingerprint density at radius 2 is 1.73 bits per heavy atom. The minimum absolute atomic E-state index is 0.839. The summed E-state index contributed by atoms with van der Waals surface area (Å²) in [5, 5.41) is 6.34. The summed E-state index contributed by atoms with van der Waals surface area (Å²) >= 11 is 0. The van der Waals surface area contributed by atoms with Gasteiger partial charge in [-0.25, -0.2) is 0 Å². The number of hydrogen-bond acceptors (Lipinski definition) is 2. The molecule has 0 amide bonds. The zero-order valence-electron chi connectivity index (χ0n) is 9.85. The van der Waals surface area contributed by atoms with Gasteiger partial charge in [-0.15, -0.1) is 0 Å². The highest BCUT2D eigenvalue weighted by molar-refractivity contribution is 5.60. The molecule has 0 aromatic heterocycles. The Bertz CT molecular complexity index is 320. The van der Waals surface area contributed by atoms with Crippen LogP contribution >= 0.6 is 0 Å². The molecule has 0 saturated carbocycles. The number of hydrogen-bond donors (Lipinski definition) is 2. The van der Waals surface area contributed by atoms with Gasteiger partial charge in [0, 0.05) is 12.7 Å². The third-order valence-electron chi connectivity index (χ3n) is 2.58. The van der Waals surface area contributed by atoms with E-state index in [1.165, 1.54) is 16.8 Å². The first-order valence-electron chi connectivity index (χ1n) is 5.47. The summed E-state index contributed by atoms with van der Waals surface area (Å²) in [6.45, 7) is 8.23. The lowest BCUT2D eigenvalue weighted by molar-refractivity contribution is 0.990. The maximum atomic E-state index is 3.90. The Morgan fingerprint density at radius 3 is 2.13 bits per heavy atom. The second-order valence-electron chi connectivity index (χ2n) is 3.51. The van der Waals surface area contributed by atoms with Crippen LogP contribution in [0.25, 0.3) is 0 Å². The number of para-hydroxylation sites is 1. The van der Waals surface area contributed by atoms with Crippen molar-refractivity contribution in [2.75, 3.05) is 12.4 Å². The molecule has 0 radical (unpaired) electrons. The van der Waals surface area contributed by atoms with E-state index in [0.717, 1.165) is 18.7 Å². The van der Waals surface area contributed by atoms with Gasteiger partial charge in [-0.1, -0.05) is 38.6 Å². The normalized spacial score (nSPS) is 9.80. The van der Waals surface area contributed by atoms with Crippen LogP contribution in [0.2, 0.25) is 0 Å². The average molecular weight is 204 g/mol. The summed E-state index contributed by atoms with van der Waals surface area (Å²) in [5.74, 6) is 0.839. The van der Waals surface area contributed by atoms with E-state index in [4.69, 9.17) is 0 Å². The Morgan fingerprint density at radius 1 is 1.20 bits per heavy atom. The van der Waals surface area contributed by atoms with Crippen molar-refractivity contribution in [1.29, 1.82) is 0 Å². The average Bonchev–Trinajstić information content (AvgIpc) is 2.29. The van der Waals surface area contributed by atoms with Crippen LogP contribution in [-0.2, 0) is 12.8 Å². The zero-order chi connectivity index (χ0) is 11.3. The lowest BCUT2D eigenvalue weighted by Gasteiger charge is -2.16. The van der Waals surface area contributed by atoms with Gasteiger partial charge >= 0.3 is 0 Å². The third-order valence-corrected chi connectivity index (χ3v) is 2.58. The minimum atomic E-state index is 0.839. The smallest absolute Gasteiger partial charge is 0.0954 e. The number of aryl methyl sites for hydroxylation is 2. The summed E-state index contributed by atoms with van der Waals surface area (Å²) in [6.07, 6.45) is 2.07. The highest BCUT2D eigenvalue weighted by atomic mass is 15.1. The molecule has 0 bridgehead atoms. The van der Waals surface area contributed by atoms with Gasteiger partial charge in [0.2, 0.25) is 0 Å². The van der Waals surface area contributed by atoms with Crippen molar-refractivity contribution < 1.29 is 0 Å². The molecule has 2 N–H and O–H groups in total. The molecule has 0 saturated heterocycles. The second kappa shape index (κ2) is 5.44. The van der Waals surface area contributed by atoms with Crippen LogP contribution in [0.4, 0.5) is 5.69 Å². The Hall–Kier alpha value is -1.44. The van der Waals surface area contributed by atoms with E-state index < -0.39 is 0 Å². The van der Waals surface area contributed by atoms with Crippen LogP contribution in [0, 0.1) is 0 Å². The van der Waals surface area contributed by atoms with Gasteiger partial charge < -0.3 is 10.6 Å². The van der Waals surface area contributed by atoms with Crippen molar-refractivity contribution in [2.45, 2.75) is 26.7 Å². The Labute approximate surface area is 92.4 Å². The van der Waals surface area contributed by atoms with E-state index in [2.05, 4.69) is 49.3 Å². The first kappa shape index (κ1) is 11.6. The van der Waals surface area contributed by atoms with Gasteiger partial charge in [-0.2, -0.15) is 0 Å². The first-order chi connectivity index (χ1) is 7.22. The molecule has 82 valence electrons. The predicted octanol–water partition coefficient (Wildman–Crippen LogP) is 2.91. The van der Waals surface area contributed by atoms with E-state index in [0.29, 0.717) is 0 Å². The van der Waals surface area contributed by atoms with E-state index in [9.17, 15) is 0 Å². The quantitative estimate of drug-likeness (QED) is 0.770. The SMILES string of the molecule is C=C(NC)Nc1c(CC)cccc1CC. The number of anilines is 1. The second-order valence-corrected chi connectivity index (χ2v) is 3.51. The molecule has 1 aromatic carbocycles. The Balaban J connectivity index is 3.05. The molecule has 0 aliphatic carbocycles. The van der Waals surface area contributed by atoms with Crippen LogP contribution < -0.4 is 10.6 Å². The molecule has 0 atom stereocenters. The highest BCUT2D eigenvalue weighted by Gasteiger charge is 2.05. The molecule has 0 aliphatic heterocycles. The van der Waals surface area contributed by atoms with Crippen LogP contribution in [0.5, 0.6) is 0 Å². The predicted molar refractivity (Wildman–Crippen MR) is 67.0 cm³/mol. The zero-order valence-corrected chi connectivity index (χ0v) is 9.85. The van der Waals surface area contributed by atoms with Crippen molar-refractivity contribution in [2.24, 2.45) is 0 Å². The van der Waals surface area contributed by atoms with Crippen molar-refractivity contribution in [3.05, 3.63) is 41.7 Å². The molecule has 0 aliphatic rings. The maximum Gasteiger partial charge on any atom is 0.0954 e. The largest absolute Gasteiger partial charge is 0.375 e. The van der Waals surface area contributed by atoms with Gasteiger partial charge in [0.05, 0.1) is 5.82 Å². The van der Waals surface area contributed by atoms with Gasteiger partial charge in [0.1, 0.15) is 0 Å². The fourth-order valence-corrected chi connectivity index (χ4v) is 1.62. The van der Waals surface area contributed by atoms with Crippen molar-refractivity contribution >= 4 is 5.69 Å². The molecule has 1 rings (SSSR count). The number of nitrogens with one attached hydrogen (secondary N) is 2. The van der Waals surface area contributed by atoms with E-state index in [1.54, 1.807) is 0 Å². The van der Waals surface area contributed by atoms with Gasteiger partial charge in [0.15, 0.2) is 0 Å². The minimum Gasteiger partial charge on any atom is -0.375 e. The van der Waals surface area contributed by atoms with Crippen LogP contribution in [0.3, 0.4) is 0 Å². The molecule has 0 spiro atoms. The number of benzene rings is 1. The summed E-state index contributed by atoms with van der Waals surface area (Å²) in [6, 6.07) is 6.43. The van der Waals surface area contributed by atoms with E-state index in [1.807, 2.05) is 7.05 Å². The summed E-state index contributed by atoms with van der Waals surface area (Å²) in [5.41, 5.74) is 3.89. The molecule has 0 unspecified atom stereocenters. The summed E-state index contributed by atoms with van der Waals surface area (Å²) in [4.78, 5) is 0. The van der Waals surface area contributed by atoms with Crippen LogP contribution in [-0.4, -0.2) is 7.05 Å². The fourth-order valence-electron chi connectivity index (χ4n) is 1.62. The van der Waals surface area contributed by atoms with Gasteiger partial charge in [-0.05, 0) is 24.0 Å². The van der Waals surface area contributed by atoms with Gasteiger partial charge in [-0.3, -0.25) is 0 Å². The molecular weight excluding hydrogens is 184 g/mol. The standard InChI is InChI=1S/C13H20N2/c1-5-11-8-7-9-12(6-2)13(11)15-10(3)14-4/h7-9,14-15H,3,5-6H2,1-2,4H3. The molecule has 15 heavy (non-hydrogen) atoms.